The van der Waals surface area contributed by atoms with Crippen LogP contribution in [0.1, 0.15) is 29.2 Å². The average molecular weight is 372 g/mol. The number of aromatic nitrogens is 2. The van der Waals surface area contributed by atoms with Gasteiger partial charge in [-0.25, -0.2) is 17.5 Å². The van der Waals surface area contributed by atoms with Gasteiger partial charge in [0.1, 0.15) is 10.8 Å². The van der Waals surface area contributed by atoms with E-state index >= 15 is 0 Å². The minimum absolute atomic E-state index is 0.200. The number of sulfonamides is 1. The van der Waals surface area contributed by atoms with E-state index in [2.05, 4.69) is 20.2 Å². The number of rotatable bonds is 6. The van der Waals surface area contributed by atoms with Gasteiger partial charge in [0.15, 0.2) is 0 Å². The molecule has 0 aliphatic rings. The Morgan fingerprint density at radius 1 is 1.33 bits per heavy atom. The van der Waals surface area contributed by atoms with Crippen LogP contribution >= 0.6 is 11.3 Å². The molecule has 0 radical (unpaired) electrons. The lowest BCUT2D eigenvalue weighted by Gasteiger charge is -2.06. The summed E-state index contributed by atoms with van der Waals surface area (Å²) in [5, 5.41) is 11.2. The zero-order valence-electron chi connectivity index (χ0n) is 13.3. The van der Waals surface area contributed by atoms with Gasteiger partial charge in [0, 0.05) is 6.42 Å². The molecule has 130 valence electrons. The van der Waals surface area contributed by atoms with Crippen molar-refractivity contribution in [2.75, 3.05) is 12.4 Å². The van der Waals surface area contributed by atoms with Crippen molar-refractivity contribution in [2.24, 2.45) is 5.92 Å². The van der Waals surface area contributed by atoms with E-state index in [4.69, 9.17) is 0 Å². The summed E-state index contributed by atoms with van der Waals surface area (Å²) in [6.45, 7) is 4.06. The highest BCUT2D eigenvalue weighted by Gasteiger charge is 2.19. The summed E-state index contributed by atoms with van der Waals surface area (Å²) >= 11 is 1.20. The average Bonchev–Trinajstić information content (AvgIpc) is 2.93. The molecule has 1 aromatic heterocycles. The molecule has 24 heavy (non-hydrogen) atoms. The van der Waals surface area contributed by atoms with Crippen LogP contribution in [0.5, 0.6) is 0 Å². The topological polar surface area (TPSA) is 101 Å². The van der Waals surface area contributed by atoms with Crippen LogP contribution in [-0.4, -0.2) is 31.6 Å². The minimum Gasteiger partial charge on any atom is -0.296 e. The highest BCUT2D eigenvalue weighted by Crippen LogP contribution is 2.21. The molecule has 7 nitrogen and oxygen atoms in total. The van der Waals surface area contributed by atoms with Gasteiger partial charge in [0.25, 0.3) is 5.91 Å². The summed E-state index contributed by atoms with van der Waals surface area (Å²) in [7, 11) is -2.54. The van der Waals surface area contributed by atoms with E-state index in [9.17, 15) is 17.6 Å². The molecule has 2 aromatic rings. The van der Waals surface area contributed by atoms with Crippen LogP contribution in [0, 0.1) is 11.7 Å². The minimum atomic E-state index is -3.78. The molecule has 0 saturated carbocycles. The second-order valence-corrected chi connectivity index (χ2v) is 8.35. The Morgan fingerprint density at radius 3 is 2.67 bits per heavy atom. The number of hydrogen-bond acceptors (Lipinski definition) is 6. The first-order valence-corrected chi connectivity index (χ1v) is 9.39. The molecule has 1 amide bonds. The second kappa shape index (κ2) is 7.32. The highest BCUT2D eigenvalue weighted by atomic mass is 32.2. The molecule has 0 atom stereocenters. The SMILES string of the molecule is CNS(=O)(=O)c1ccc(F)c(C(=O)Nc2nnc(CC(C)C)s2)c1. The van der Waals surface area contributed by atoms with Crippen molar-refractivity contribution in [2.45, 2.75) is 25.2 Å². The maximum atomic E-state index is 13.9. The molecule has 0 bridgehead atoms. The van der Waals surface area contributed by atoms with E-state index in [0.717, 1.165) is 29.6 Å². The fraction of sp³-hybridized carbons (Fsp3) is 0.357. The maximum absolute atomic E-state index is 13.9. The first-order valence-electron chi connectivity index (χ1n) is 7.09. The molecular weight excluding hydrogens is 355 g/mol. The molecule has 0 aliphatic heterocycles. The van der Waals surface area contributed by atoms with Crippen LogP contribution < -0.4 is 10.0 Å². The van der Waals surface area contributed by atoms with Crippen LogP contribution in [0.25, 0.3) is 0 Å². The lowest BCUT2D eigenvalue weighted by molar-refractivity contribution is 0.102. The third kappa shape index (κ3) is 4.34. The number of nitrogens with zero attached hydrogens (tertiary/aromatic N) is 2. The van der Waals surface area contributed by atoms with Crippen molar-refractivity contribution in [1.29, 1.82) is 0 Å². The zero-order valence-corrected chi connectivity index (χ0v) is 15.0. The predicted molar refractivity (Wildman–Crippen MR) is 89.0 cm³/mol. The Kier molecular flexibility index (Phi) is 5.62. The quantitative estimate of drug-likeness (QED) is 0.808. The van der Waals surface area contributed by atoms with Gasteiger partial charge in [0.05, 0.1) is 10.5 Å². The number of benzene rings is 1. The van der Waals surface area contributed by atoms with Gasteiger partial charge < -0.3 is 0 Å². The number of nitrogens with one attached hydrogen (secondary N) is 2. The van der Waals surface area contributed by atoms with E-state index < -0.39 is 21.7 Å². The Hall–Kier alpha value is -1.91. The van der Waals surface area contributed by atoms with Gasteiger partial charge in [-0.05, 0) is 31.2 Å². The van der Waals surface area contributed by atoms with E-state index in [1.807, 2.05) is 13.8 Å². The van der Waals surface area contributed by atoms with Gasteiger partial charge in [0.2, 0.25) is 15.2 Å². The first-order chi connectivity index (χ1) is 11.2. The van der Waals surface area contributed by atoms with Crippen LogP contribution in [0.4, 0.5) is 9.52 Å². The fourth-order valence-electron chi connectivity index (χ4n) is 1.86. The molecule has 1 heterocycles. The number of carbonyl (C=O) groups excluding carboxylic acids is 1. The summed E-state index contributed by atoms with van der Waals surface area (Å²) < 4.78 is 39.5. The molecule has 2 rings (SSSR count). The number of anilines is 1. The summed E-state index contributed by atoms with van der Waals surface area (Å²) in [5.74, 6) is -1.22. The van der Waals surface area contributed by atoms with Gasteiger partial charge in [-0.1, -0.05) is 25.2 Å². The first kappa shape index (κ1) is 18.4. The molecule has 10 heteroatoms. The number of halogens is 1. The normalized spacial score (nSPS) is 11.7. The summed E-state index contributed by atoms with van der Waals surface area (Å²) in [6, 6.07) is 3.00. The molecule has 0 saturated heterocycles. The standard InChI is InChI=1S/C14H17FN4O3S2/c1-8(2)6-12-18-19-14(23-12)17-13(20)10-7-9(4-5-11(10)15)24(21,22)16-3/h4-5,7-8,16H,6H2,1-3H3,(H,17,19,20). The summed E-state index contributed by atoms with van der Waals surface area (Å²) in [5.41, 5.74) is -0.382. The van der Waals surface area contributed by atoms with Gasteiger partial charge in [-0.15, -0.1) is 10.2 Å². The lowest BCUT2D eigenvalue weighted by atomic mass is 10.1. The van der Waals surface area contributed by atoms with Crippen LogP contribution in [0.3, 0.4) is 0 Å². The van der Waals surface area contributed by atoms with Crippen molar-refractivity contribution in [1.82, 2.24) is 14.9 Å². The molecule has 1 aromatic carbocycles. The van der Waals surface area contributed by atoms with Crippen molar-refractivity contribution in [3.05, 3.63) is 34.6 Å². The van der Waals surface area contributed by atoms with Crippen LogP contribution in [0.15, 0.2) is 23.1 Å². The van der Waals surface area contributed by atoms with E-state index in [1.54, 1.807) is 0 Å². The molecular formula is C14H17FN4O3S2. The fourth-order valence-corrected chi connectivity index (χ4v) is 3.57. The van der Waals surface area contributed by atoms with Crippen molar-refractivity contribution in [3.8, 4) is 0 Å². The molecule has 0 fully saturated rings. The maximum Gasteiger partial charge on any atom is 0.260 e. The van der Waals surface area contributed by atoms with E-state index in [1.165, 1.54) is 18.4 Å². The number of amides is 1. The molecule has 2 N–H and O–H groups in total. The van der Waals surface area contributed by atoms with Crippen molar-refractivity contribution >= 4 is 32.4 Å². The molecule has 0 aliphatic carbocycles. The van der Waals surface area contributed by atoms with Gasteiger partial charge in [-0.2, -0.15) is 0 Å². The highest BCUT2D eigenvalue weighted by molar-refractivity contribution is 7.89. The second-order valence-electron chi connectivity index (χ2n) is 5.40. The molecule has 0 spiro atoms. The van der Waals surface area contributed by atoms with Crippen LogP contribution in [0.2, 0.25) is 0 Å². The van der Waals surface area contributed by atoms with Crippen molar-refractivity contribution < 1.29 is 17.6 Å². The monoisotopic (exact) mass is 372 g/mol. The van der Waals surface area contributed by atoms with E-state index in [0.29, 0.717) is 5.92 Å². The van der Waals surface area contributed by atoms with Crippen molar-refractivity contribution in [3.63, 3.8) is 0 Å². The molecule has 0 unspecified atom stereocenters. The third-order valence-corrected chi connectivity index (χ3v) is 5.30. The van der Waals surface area contributed by atoms with Gasteiger partial charge >= 0.3 is 0 Å². The Morgan fingerprint density at radius 2 is 2.04 bits per heavy atom. The summed E-state index contributed by atoms with van der Waals surface area (Å²) in [4.78, 5) is 12.0. The van der Waals surface area contributed by atoms with Crippen LogP contribution in [-0.2, 0) is 16.4 Å². The Balaban J connectivity index is 2.23. The largest absolute Gasteiger partial charge is 0.296 e. The zero-order chi connectivity index (χ0) is 17.9. The Labute approximate surface area is 143 Å². The Bertz CT molecular complexity index is 849. The smallest absolute Gasteiger partial charge is 0.260 e. The lowest BCUT2D eigenvalue weighted by Crippen LogP contribution is -2.20. The third-order valence-electron chi connectivity index (χ3n) is 3.03. The number of hydrogen-bond donors (Lipinski definition) is 2. The summed E-state index contributed by atoms with van der Waals surface area (Å²) in [6.07, 6.45) is 0.720. The van der Waals surface area contributed by atoms with Gasteiger partial charge in [-0.3, -0.25) is 10.1 Å². The number of carbonyl (C=O) groups is 1. The van der Waals surface area contributed by atoms with E-state index in [-0.39, 0.29) is 15.6 Å². The predicted octanol–water partition coefficient (Wildman–Crippen LogP) is 2.04.